The topological polar surface area (TPSA) is 88.2 Å². The fraction of sp³-hybridized carbons (Fsp3) is 0.562. The van der Waals surface area contributed by atoms with Crippen molar-refractivity contribution in [3.63, 3.8) is 0 Å². The van der Waals surface area contributed by atoms with Crippen LogP contribution in [0.1, 0.15) is 36.9 Å². The molecule has 2 N–H and O–H groups in total. The number of carbonyl (C=O) groups excluding carboxylic acids is 1. The van der Waals surface area contributed by atoms with E-state index in [1.807, 2.05) is 29.5 Å². The molecule has 1 aliphatic rings. The van der Waals surface area contributed by atoms with Crippen LogP contribution in [0.15, 0.2) is 18.6 Å². The molecule has 0 atom stereocenters. The lowest BCUT2D eigenvalue weighted by molar-refractivity contribution is 0.185. The lowest BCUT2D eigenvalue weighted by Gasteiger charge is -2.21. The van der Waals surface area contributed by atoms with Gasteiger partial charge in [-0.2, -0.15) is 10.2 Å². The molecule has 0 spiro atoms. The monoisotopic (exact) mass is 332 g/mol. The molecule has 3 rings (SSSR count). The van der Waals surface area contributed by atoms with Gasteiger partial charge < -0.3 is 15.3 Å². The third-order valence-electron chi connectivity index (χ3n) is 4.23. The van der Waals surface area contributed by atoms with Crippen LogP contribution in [0, 0.1) is 0 Å². The molecule has 8 nitrogen and oxygen atoms in total. The van der Waals surface area contributed by atoms with E-state index in [1.165, 1.54) is 0 Å². The van der Waals surface area contributed by atoms with Crippen molar-refractivity contribution >= 4 is 11.7 Å². The van der Waals surface area contributed by atoms with E-state index in [0.717, 1.165) is 36.3 Å². The number of nitrogens with zero attached hydrogens (tertiary/aromatic N) is 5. The second-order valence-electron chi connectivity index (χ2n) is 6.12. The summed E-state index contributed by atoms with van der Waals surface area (Å²) in [6.07, 6.45) is 7.63. The van der Waals surface area contributed by atoms with E-state index in [1.54, 1.807) is 17.3 Å². The minimum atomic E-state index is -0.233. The zero-order valence-electron chi connectivity index (χ0n) is 14.1. The maximum atomic E-state index is 12.6. The third-order valence-corrected chi connectivity index (χ3v) is 4.23. The molecule has 24 heavy (non-hydrogen) atoms. The number of aliphatic hydroxyl groups excluding tert-OH is 1. The number of carbonyl (C=O) groups is 1. The molecule has 2 amide bonds. The number of rotatable bonds is 7. The molecule has 0 saturated heterocycles. The molecule has 0 aliphatic heterocycles. The number of hydrogen-bond donors (Lipinski definition) is 2. The summed E-state index contributed by atoms with van der Waals surface area (Å²) >= 11 is 0. The molecule has 8 heteroatoms. The first kappa shape index (κ1) is 16.5. The Morgan fingerprint density at radius 1 is 1.42 bits per heavy atom. The number of urea groups is 1. The van der Waals surface area contributed by atoms with Crippen molar-refractivity contribution in [3.8, 4) is 0 Å². The summed E-state index contributed by atoms with van der Waals surface area (Å²) in [7, 11) is 1.90. The van der Waals surface area contributed by atoms with Gasteiger partial charge in [-0.3, -0.25) is 9.36 Å². The van der Waals surface area contributed by atoms with Crippen molar-refractivity contribution in [1.29, 1.82) is 0 Å². The molecule has 0 aromatic carbocycles. The van der Waals surface area contributed by atoms with Gasteiger partial charge >= 0.3 is 6.03 Å². The summed E-state index contributed by atoms with van der Waals surface area (Å²) in [5.41, 5.74) is 2.78. The van der Waals surface area contributed by atoms with Crippen molar-refractivity contribution < 1.29 is 9.90 Å². The molecule has 130 valence electrons. The summed E-state index contributed by atoms with van der Waals surface area (Å²) in [5.74, 6) is 0.488. The maximum Gasteiger partial charge on any atom is 0.322 e. The van der Waals surface area contributed by atoms with Crippen molar-refractivity contribution in [1.82, 2.24) is 24.5 Å². The van der Waals surface area contributed by atoms with Crippen LogP contribution in [-0.4, -0.2) is 48.8 Å². The van der Waals surface area contributed by atoms with Gasteiger partial charge in [-0.1, -0.05) is 0 Å². The third kappa shape index (κ3) is 3.59. The summed E-state index contributed by atoms with van der Waals surface area (Å²) < 4.78 is 3.64. The van der Waals surface area contributed by atoms with Crippen molar-refractivity contribution in [2.24, 2.45) is 7.05 Å². The molecule has 0 unspecified atom stereocenters. The van der Waals surface area contributed by atoms with Gasteiger partial charge in [-0.25, -0.2) is 4.79 Å². The Bertz CT molecular complexity index is 703. The predicted octanol–water partition coefficient (Wildman–Crippen LogP) is 1.54. The fourth-order valence-electron chi connectivity index (χ4n) is 2.83. The van der Waals surface area contributed by atoms with Crippen LogP contribution in [0.5, 0.6) is 0 Å². The van der Waals surface area contributed by atoms with E-state index in [-0.39, 0.29) is 19.2 Å². The zero-order chi connectivity index (χ0) is 17.1. The fourth-order valence-corrected chi connectivity index (χ4v) is 2.83. The first-order valence-corrected chi connectivity index (χ1v) is 8.32. The number of aromatic nitrogens is 4. The second-order valence-corrected chi connectivity index (χ2v) is 6.12. The molecule has 2 aromatic heterocycles. The van der Waals surface area contributed by atoms with E-state index >= 15 is 0 Å². The van der Waals surface area contributed by atoms with Gasteiger partial charge in [-0.15, -0.1) is 0 Å². The number of hydrogen-bond acceptors (Lipinski definition) is 4. The van der Waals surface area contributed by atoms with E-state index in [4.69, 9.17) is 0 Å². The van der Waals surface area contributed by atoms with Gasteiger partial charge in [0.25, 0.3) is 0 Å². The Hall–Kier alpha value is -2.35. The van der Waals surface area contributed by atoms with Crippen LogP contribution in [-0.2, 0) is 20.1 Å². The second kappa shape index (κ2) is 7.04. The molecular weight excluding hydrogens is 308 g/mol. The first-order chi connectivity index (χ1) is 11.6. The van der Waals surface area contributed by atoms with Crippen LogP contribution in [0.4, 0.5) is 10.5 Å². The molecule has 1 saturated carbocycles. The van der Waals surface area contributed by atoms with E-state index < -0.39 is 0 Å². The molecule has 0 radical (unpaired) electrons. The predicted molar refractivity (Wildman–Crippen MR) is 89.6 cm³/mol. The molecule has 0 bridgehead atoms. The largest absolute Gasteiger partial charge is 0.395 e. The van der Waals surface area contributed by atoms with E-state index in [2.05, 4.69) is 15.5 Å². The highest BCUT2D eigenvalue weighted by Gasteiger charge is 2.30. The van der Waals surface area contributed by atoms with Gasteiger partial charge in [0.05, 0.1) is 36.9 Å². The molecule has 2 heterocycles. The Morgan fingerprint density at radius 2 is 2.21 bits per heavy atom. The summed E-state index contributed by atoms with van der Waals surface area (Å²) in [6, 6.07) is -0.233. The number of nitrogens with one attached hydrogen (secondary N) is 1. The van der Waals surface area contributed by atoms with Crippen LogP contribution in [0.25, 0.3) is 0 Å². The lowest BCUT2D eigenvalue weighted by atomic mass is 10.2. The van der Waals surface area contributed by atoms with Gasteiger partial charge in [0.1, 0.15) is 0 Å². The number of aliphatic hydroxyl groups is 1. The highest BCUT2D eigenvalue weighted by atomic mass is 16.3. The van der Waals surface area contributed by atoms with Gasteiger partial charge in [0.15, 0.2) is 0 Å². The highest BCUT2D eigenvalue weighted by molar-refractivity contribution is 5.90. The SMILES string of the molecule is CCn1cc(CN(CCO)C(=O)Nc2cnn(C)c2C2CC2)cn1. The smallest absolute Gasteiger partial charge is 0.322 e. The quantitative estimate of drug-likeness (QED) is 0.805. The Kier molecular flexibility index (Phi) is 4.84. The normalized spacial score (nSPS) is 14.0. The average Bonchev–Trinajstić information content (AvgIpc) is 3.18. The van der Waals surface area contributed by atoms with Gasteiger partial charge in [-0.05, 0) is 19.8 Å². The van der Waals surface area contributed by atoms with Crippen LogP contribution in [0.2, 0.25) is 0 Å². The average molecular weight is 332 g/mol. The van der Waals surface area contributed by atoms with Gasteiger partial charge in [0.2, 0.25) is 0 Å². The summed E-state index contributed by atoms with van der Waals surface area (Å²) in [4.78, 5) is 14.2. The summed E-state index contributed by atoms with van der Waals surface area (Å²) in [6.45, 7) is 3.38. The Balaban J connectivity index is 1.70. The Labute approximate surface area is 141 Å². The minimum absolute atomic E-state index is 0.0855. The lowest BCUT2D eigenvalue weighted by Crippen LogP contribution is -2.36. The minimum Gasteiger partial charge on any atom is -0.395 e. The maximum absolute atomic E-state index is 12.6. The molecule has 1 fully saturated rings. The highest BCUT2D eigenvalue weighted by Crippen LogP contribution is 2.43. The Morgan fingerprint density at radius 3 is 2.83 bits per heavy atom. The first-order valence-electron chi connectivity index (χ1n) is 8.32. The molecule has 1 aliphatic carbocycles. The van der Waals surface area contributed by atoms with Crippen LogP contribution in [0.3, 0.4) is 0 Å². The zero-order valence-corrected chi connectivity index (χ0v) is 14.1. The standard InChI is InChI=1S/C16H24N6O2/c1-3-22-11-12(8-18-22)10-21(6-7-23)16(24)19-14-9-17-20(2)15(14)13-4-5-13/h8-9,11,13,23H,3-7,10H2,1-2H3,(H,19,24). The van der Waals surface area contributed by atoms with Crippen molar-refractivity contribution in [3.05, 3.63) is 29.8 Å². The summed E-state index contributed by atoms with van der Waals surface area (Å²) in [5, 5.41) is 20.7. The number of aryl methyl sites for hydroxylation is 2. The number of amides is 2. The van der Waals surface area contributed by atoms with Gasteiger partial charge in [0, 0.05) is 37.8 Å². The van der Waals surface area contributed by atoms with Crippen molar-refractivity contribution in [2.45, 2.75) is 38.8 Å². The molecule has 2 aromatic rings. The van der Waals surface area contributed by atoms with Crippen LogP contribution < -0.4 is 5.32 Å². The number of anilines is 1. The van der Waals surface area contributed by atoms with Crippen molar-refractivity contribution in [2.75, 3.05) is 18.5 Å². The van der Waals surface area contributed by atoms with E-state index in [9.17, 15) is 9.90 Å². The van der Waals surface area contributed by atoms with Crippen LogP contribution >= 0.6 is 0 Å². The molecular formula is C16H24N6O2. The van der Waals surface area contributed by atoms with E-state index in [0.29, 0.717) is 12.5 Å².